The third kappa shape index (κ3) is 2.54. The van der Waals surface area contributed by atoms with Gasteiger partial charge in [0.25, 0.3) is 0 Å². The van der Waals surface area contributed by atoms with Crippen molar-refractivity contribution >= 4 is 33.1 Å². The fraction of sp³-hybridized carbons (Fsp3) is 0.214. The number of nitrogens with one attached hydrogen (secondary N) is 1. The van der Waals surface area contributed by atoms with E-state index < -0.39 is 9.84 Å². The zero-order valence-electron chi connectivity index (χ0n) is 11.6. The molecule has 21 heavy (non-hydrogen) atoms. The van der Waals surface area contributed by atoms with Crippen molar-refractivity contribution in [3.63, 3.8) is 0 Å². The van der Waals surface area contributed by atoms with Gasteiger partial charge in [0.2, 0.25) is 0 Å². The lowest BCUT2D eigenvalue weighted by atomic mass is 10.3. The molecule has 0 saturated carbocycles. The number of rotatable bonds is 3. The Balaban J connectivity index is 2.21. The first-order chi connectivity index (χ1) is 9.86. The highest BCUT2D eigenvalue weighted by molar-refractivity contribution is 7.91. The first kappa shape index (κ1) is 14.1. The molecule has 0 bridgehead atoms. The van der Waals surface area contributed by atoms with Gasteiger partial charge >= 0.3 is 0 Å². The maximum atomic E-state index is 11.8. The first-order valence-electron chi connectivity index (χ1n) is 6.33. The van der Waals surface area contributed by atoms with Crippen LogP contribution in [0.4, 0.5) is 0 Å². The summed E-state index contributed by atoms with van der Waals surface area (Å²) in [4.78, 5) is 3.24. The molecule has 0 aliphatic heterocycles. The number of hydrogen-bond acceptors (Lipinski definition) is 4. The molecular formula is C14H14N2O3S2. The van der Waals surface area contributed by atoms with Crippen molar-refractivity contribution in [2.45, 2.75) is 18.4 Å². The van der Waals surface area contributed by atoms with E-state index in [0.717, 1.165) is 17.0 Å². The highest BCUT2D eigenvalue weighted by Crippen LogP contribution is 2.23. The third-order valence-electron chi connectivity index (χ3n) is 3.28. The minimum atomic E-state index is -3.32. The zero-order valence-corrected chi connectivity index (χ0v) is 13.2. The maximum Gasteiger partial charge on any atom is 0.178 e. The average Bonchev–Trinajstić information content (AvgIpc) is 2.93. The lowest BCUT2D eigenvalue weighted by Crippen LogP contribution is -2.00. The van der Waals surface area contributed by atoms with E-state index in [1.54, 1.807) is 12.1 Å². The number of aromatic nitrogens is 2. The Morgan fingerprint density at radius 1 is 1.29 bits per heavy atom. The largest absolute Gasteiger partial charge is 0.464 e. The molecule has 7 heteroatoms. The van der Waals surface area contributed by atoms with Crippen molar-refractivity contribution in [3.8, 4) is 0 Å². The molecule has 3 aromatic rings. The second kappa shape index (κ2) is 4.85. The Morgan fingerprint density at radius 2 is 2.05 bits per heavy atom. The van der Waals surface area contributed by atoms with Gasteiger partial charge < -0.3 is 14.0 Å². The second-order valence-electron chi connectivity index (χ2n) is 4.95. The van der Waals surface area contributed by atoms with Gasteiger partial charge in [0.1, 0.15) is 11.5 Å². The highest BCUT2D eigenvalue weighted by Gasteiger charge is 2.16. The molecule has 3 rings (SSSR count). The van der Waals surface area contributed by atoms with Gasteiger partial charge in [-0.3, -0.25) is 0 Å². The van der Waals surface area contributed by atoms with Gasteiger partial charge in [0.15, 0.2) is 14.6 Å². The molecule has 1 N–H and O–H groups in total. The normalized spacial score (nSPS) is 12.1. The number of aryl methyl sites for hydroxylation is 1. The van der Waals surface area contributed by atoms with Crippen molar-refractivity contribution in [2.75, 3.05) is 6.26 Å². The van der Waals surface area contributed by atoms with Crippen LogP contribution in [0.3, 0.4) is 0 Å². The molecule has 0 amide bonds. The minimum Gasteiger partial charge on any atom is -0.464 e. The molecule has 0 atom stereocenters. The number of benzene rings is 1. The van der Waals surface area contributed by atoms with Crippen molar-refractivity contribution in [1.82, 2.24) is 9.55 Å². The lowest BCUT2D eigenvalue weighted by Gasteiger charge is -2.03. The number of para-hydroxylation sites is 1. The standard InChI is InChI=1S/C14H14N2O3S2/c1-9-6-7-10(19-9)8-16-11-4-3-5-12(21(2,17)18)13(11)15-14(16)20/h3-7H,8H2,1-2H3,(H,15,20). The number of imidazole rings is 1. The molecule has 2 heterocycles. The van der Waals surface area contributed by atoms with Crippen LogP contribution in [-0.2, 0) is 16.4 Å². The first-order valence-corrected chi connectivity index (χ1v) is 8.63. The van der Waals surface area contributed by atoms with E-state index >= 15 is 0 Å². The Morgan fingerprint density at radius 3 is 2.67 bits per heavy atom. The molecule has 110 valence electrons. The molecule has 5 nitrogen and oxygen atoms in total. The second-order valence-corrected chi connectivity index (χ2v) is 7.32. The molecule has 0 unspecified atom stereocenters. The Kier molecular flexibility index (Phi) is 3.26. The van der Waals surface area contributed by atoms with Gasteiger partial charge in [-0.05, 0) is 43.4 Å². The smallest absolute Gasteiger partial charge is 0.178 e. The Labute approximate surface area is 127 Å². The highest BCUT2D eigenvalue weighted by atomic mass is 32.2. The van der Waals surface area contributed by atoms with Gasteiger partial charge in [0, 0.05) is 6.26 Å². The van der Waals surface area contributed by atoms with E-state index in [2.05, 4.69) is 4.98 Å². The van der Waals surface area contributed by atoms with Crippen LogP contribution in [0, 0.1) is 11.7 Å². The van der Waals surface area contributed by atoms with Gasteiger partial charge in [-0.25, -0.2) is 8.42 Å². The molecule has 0 radical (unpaired) electrons. The van der Waals surface area contributed by atoms with Gasteiger partial charge in [-0.15, -0.1) is 0 Å². The summed E-state index contributed by atoms with van der Waals surface area (Å²) < 4.78 is 31.6. The zero-order chi connectivity index (χ0) is 15.2. The average molecular weight is 322 g/mol. The number of H-pyrrole nitrogens is 1. The van der Waals surface area contributed by atoms with Gasteiger partial charge in [-0.1, -0.05) is 6.07 Å². The van der Waals surface area contributed by atoms with E-state index in [4.69, 9.17) is 16.6 Å². The summed E-state index contributed by atoms with van der Waals surface area (Å²) in [5.41, 5.74) is 1.28. The van der Waals surface area contributed by atoms with Crippen molar-refractivity contribution in [1.29, 1.82) is 0 Å². The topological polar surface area (TPSA) is 68.0 Å². The molecule has 1 aromatic carbocycles. The summed E-state index contributed by atoms with van der Waals surface area (Å²) in [6.45, 7) is 2.33. The summed E-state index contributed by atoms with van der Waals surface area (Å²) >= 11 is 5.31. The maximum absolute atomic E-state index is 11.8. The summed E-state index contributed by atoms with van der Waals surface area (Å²) in [6, 6.07) is 8.90. The number of aromatic amines is 1. The van der Waals surface area contributed by atoms with Crippen LogP contribution in [-0.4, -0.2) is 24.2 Å². The monoisotopic (exact) mass is 322 g/mol. The van der Waals surface area contributed by atoms with Crippen LogP contribution in [0.1, 0.15) is 11.5 Å². The summed E-state index contributed by atoms with van der Waals surface area (Å²) in [6.07, 6.45) is 1.19. The predicted octanol–water partition coefficient (Wildman–Crippen LogP) is 3.05. The quantitative estimate of drug-likeness (QED) is 0.753. The third-order valence-corrected chi connectivity index (χ3v) is 4.74. The van der Waals surface area contributed by atoms with Crippen molar-refractivity contribution < 1.29 is 12.8 Å². The molecule has 0 aliphatic rings. The Hall–Kier alpha value is -1.86. The molecule has 0 aliphatic carbocycles. The molecule has 0 fully saturated rings. The fourth-order valence-corrected chi connectivity index (χ4v) is 3.46. The van der Waals surface area contributed by atoms with Gasteiger partial charge in [-0.2, -0.15) is 0 Å². The van der Waals surface area contributed by atoms with E-state index in [9.17, 15) is 8.42 Å². The predicted molar refractivity (Wildman–Crippen MR) is 82.8 cm³/mol. The van der Waals surface area contributed by atoms with Crippen LogP contribution < -0.4 is 0 Å². The van der Waals surface area contributed by atoms with Gasteiger partial charge in [0.05, 0.1) is 22.5 Å². The molecular weight excluding hydrogens is 308 g/mol. The minimum absolute atomic E-state index is 0.250. The summed E-state index contributed by atoms with van der Waals surface area (Å²) in [5.74, 6) is 1.60. The number of furan rings is 1. The van der Waals surface area contributed by atoms with Crippen LogP contribution in [0.15, 0.2) is 39.6 Å². The molecule has 0 saturated heterocycles. The number of nitrogens with zero attached hydrogens (tertiary/aromatic N) is 1. The van der Waals surface area contributed by atoms with Crippen LogP contribution >= 0.6 is 12.2 Å². The SMILES string of the molecule is Cc1ccc(Cn2c(=S)[nH]c3c(S(C)(=O)=O)cccc32)o1. The van der Waals surface area contributed by atoms with Crippen LogP contribution in [0.5, 0.6) is 0 Å². The lowest BCUT2D eigenvalue weighted by molar-refractivity contribution is 0.471. The van der Waals surface area contributed by atoms with E-state index in [-0.39, 0.29) is 4.90 Å². The summed E-state index contributed by atoms with van der Waals surface area (Å²) in [7, 11) is -3.32. The fourth-order valence-electron chi connectivity index (χ4n) is 2.35. The van der Waals surface area contributed by atoms with Crippen molar-refractivity contribution in [2.24, 2.45) is 0 Å². The van der Waals surface area contributed by atoms with Crippen LogP contribution in [0.25, 0.3) is 11.0 Å². The number of sulfone groups is 1. The Bertz CT molecular complexity index is 977. The summed E-state index contributed by atoms with van der Waals surface area (Å²) in [5, 5.41) is 0. The van der Waals surface area contributed by atoms with Crippen LogP contribution in [0.2, 0.25) is 0 Å². The molecule has 0 spiro atoms. The molecule has 2 aromatic heterocycles. The van der Waals surface area contributed by atoms with E-state index in [1.807, 2.05) is 29.7 Å². The van der Waals surface area contributed by atoms with Crippen molar-refractivity contribution in [3.05, 3.63) is 46.6 Å². The van der Waals surface area contributed by atoms with E-state index in [0.29, 0.717) is 16.8 Å². The number of hydrogen-bond donors (Lipinski definition) is 1. The number of fused-ring (bicyclic) bond motifs is 1. The van der Waals surface area contributed by atoms with E-state index in [1.165, 1.54) is 6.26 Å².